The predicted octanol–water partition coefficient (Wildman–Crippen LogP) is 3.72. The molecule has 0 saturated carbocycles. The number of ketones is 1. The van der Waals surface area contributed by atoms with Gasteiger partial charge in [0.15, 0.2) is 12.1 Å². The summed E-state index contributed by atoms with van der Waals surface area (Å²) in [6, 6.07) is 3.42. The predicted molar refractivity (Wildman–Crippen MR) is 74.0 cm³/mol. The van der Waals surface area contributed by atoms with Crippen LogP contribution in [0.5, 0.6) is 0 Å². The Kier molecular flexibility index (Phi) is 5.06. The van der Waals surface area contributed by atoms with Gasteiger partial charge in [0.1, 0.15) is 11.6 Å². The maximum Gasteiger partial charge on any atom is 0.168 e. The summed E-state index contributed by atoms with van der Waals surface area (Å²) in [4.78, 5) is 11.9. The fourth-order valence-corrected chi connectivity index (χ4v) is 2.21. The van der Waals surface area contributed by atoms with Crippen LogP contribution in [0.1, 0.15) is 43.5 Å². The third kappa shape index (κ3) is 4.32. The van der Waals surface area contributed by atoms with Gasteiger partial charge in [0.2, 0.25) is 0 Å². The molecular formula is C16H20F2O3. The molecule has 0 aliphatic carbocycles. The van der Waals surface area contributed by atoms with Crippen molar-refractivity contribution in [3.63, 3.8) is 0 Å². The van der Waals surface area contributed by atoms with Crippen LogP contribution in [0, 0.1) is 17.0 Å². The second-order valence-corrected chi connectivity index (χ2v) is 6.13. The van der Waals surface area contributed by atoms with E-state index in [2.05, 4.69) is 0 Å². The maximum absolute atomic E-state index is 13.5. The van der Waals surface area contributed by atoms with E-state index in [-0.39, 0.29) is 18.1 Å². The number of hydrogen-bond acceptors (Lipinski definition) is 3. The van der Waals surface area contributed by atoms with E-state index in [4.69, 9.17) is 9.47 Å². The van der Waals surface area contributed by atoms with Crippen molar-refractivity contribution in [1.29, 1.82) is 0 Å². The van der Waals surface area contributed by atoms with E-state index in [9.17, 15) is 13.6 Å². The van der Waals surface area contributed by atoms with Gasteiger partial charge in [-0.05, 0) is 25.0 Å². The quantitative estimate of drug-likeness (QED) is 0.777. The molecule has 0 spiro atoms. The third-order valence-electron chi connectivity index (χ3n) is 3.41. The average molecular weight is 298 g/mol. The molecule has 1 fully saturated rings. The van der Waals surface area contributed by atoms with Crippen molar-refractivity contribution in [2.45, 2.75) is 39.4 Å². The first-order valence-corrected chi connectivity index (χ1v) is 7.09. The molecule has 0 bridgehead atoms. The molecule has 116 valence electrons. The Morgan fingerprint density at radius 1 is 1.24 bits per heavy atom. The lowest BCUT2D eigenvalue weighted by molar-refractivity contribution is -0.223. The van der Waals surface area contributed by atoms with Crippen molar-refractivity contribution < 1.29 is 23.0 Å². The van der Waals surface area contributed by atoms with E-state index in [1.807, 2.05) is 13.8 Å². The fraction of sp³-hybridized carbons (Fsp3) is 0.562. The summed E-state index contributed by atoms with van der Waals surface area (Å²) >= 11 is 0. The summed E-state index contributed by atoms with van der Waals surface area (Å²) in [6.07, 6.45) is 0.747. The van der Waals surface area contributed by atoms with E-state index >= 15 is 0 Å². The zero-order valence-corrected chi connectivity index (χ0v) is 12.3. The second-order valence-electron chi connectivity index (χ2n) is 6.13. The highest BCUT2D eigenvalue weighted by Gasteiger charge is 2.28. The number of benzene rings is 1. The number of halogens is 2. The van der Waals surface area contributed by atoms with E-state index in [0.29, 0.717) is 26.1 Å². The lowest BCUT2D eigenvalue weighted by Crippen LogP contribution is -2.37. The van der Waals surface area contributed by atoms with Crippen LogP contribution in [0.4, 0.5) is 8.78 Å². The van der Waals surface area contributed by atoms with Crippen molar-refractivity contribution in [3.8, 4) is 0 Å². The molecule has 0 radical (unpaired) electrons. The van der Waals surface area contributed by atoms with Crippen molar-refractivity contribution in [2.75, 3.05) is 13.2 Å². The van der Waals surface area contributed by atoms with E-state index in [0.717, 1.165) is 12.1 Å². The molecule has 1 aliphatic heterocycles. The smallest absolute Gasteiger partial charge is 0.168 e. The van der Waals surface area contributed by atoms with E-state index in [1.165, 1.54) is 6.07 Å². The van der Waals surface area contributed by atoms with E-state index in [1.54, 1.807) is 0 Å². The van der Waals surface area contributed by atoms with Gasteiger partial charge in [-0.2, -0.15) is 0 Å². The Morgan fingerprint density at radius 3 is 2.38 bits per heavy atom. The van der Waals surface area contributed by atoms with Crippen LogP contribution in [0.25, 0.3) is 0 Å². The van der Waals surface area contributed by atoms with Gasteiger partial charge in [-0.1, -0.05) is 19.9 Å². The Bertz CT molecular complexity index is 484. The number of rotatable bonds is 5. The molecule has 0 atom stereocenters. The normalized spacial score (nSPS) is 18.7. The second kappa shape index (κ2) is 6.62. The van der Waals surface area contributed by atoms with Crippen LogP contribution in [-0.2, 0) is 9.47 Å². The Hall–Kier alpha value is -1.33. The SMILES string of the molecule is CC1(C)COC(CCCC(=O)c2c(F)cccc2F)OC1. The standard InChI is InChI=1S/C16H20F2O3/c1-16(2)9-20-14(21-10-16)8-4-7-13(19)15-11(17)5-3-6-12(15)18/h3,5-6,14H,4,7-10H2,1-2H3. The van der Waals surface area contributed by atoms with Crippen LogP contribution in [-0.4, -0.2) is 25.3 Å². The Labute approximate surface area is 123 Å². The minimum absolute atomic E-state index is 0.00259. The largest absolute Gasteiger partial charge is 0.352 e. The summed E-state index contributed by atoms with van der Waals surface area (Å²) in [5.41, 5.74) is -0.452. The molecule has 0 unspecified atom stereocenters. The van der Waals surface area contributed by atoms with Gasteiger partial charge in [-0.15, -0.1) is 0 Å². The molecule has 1 aromatic rings. The monoisotopic (exact) mass is 298 g/mol. The summed E-state index contributed by atoms with van der Waals surface area (Å²) in [7, 11) is 0. The molecule has 0 N–H and O–H groups in total. The zero-order chi connectivity index (χ0) is 15.5. The van der Waals surface area contributed by atoms with Gasteiger partial charge in [0.25, 0.3) is 0 Å². The van der Waals surface area contributed by atoms with Crippen LogP contribution < -0.4 is 0 Å². The molecule has 0 amide bonds. The minimum atomic E-state index is -0.813. The summed E-state index contributed by atoms with van der Waals surface area (Å²) < 4.78 is 38.0. The average Bonchev–Trinajstić information content (AvgIpc) is 2.40. The highest BCUT2D eigenvalue weighted by molar-refractivity contribution is 5.96. The number of carbonyl (C=O) groups is 1. The molecule has 1 saturated heterocycles. The van der Waals surface area contributed by atoms with Crippen molar-refractivity contribution in [3.05, 3.63) is 35.4 Å². The van der Waals surface area contributed by atoms with Crippen LogP contribution >= 0.6 is 0 Å². The molecule has 1 aromatic carbocycles. The molecule has 5 heteroatoms. The number of carbonyl (C=O) groups excluding carboxylic acids is 1. The van der Waals surface area contributed by atoms with Gasteiger partial charge >= 0.3 is 0 Å². The molecular weight excluding hydrogens is 278 g/mol. The topological polar surface area (TPSA) is 35.5 Å². The highest BCUT2D eigenvalue weighted by atomic mass is 19.1. The van der Waals surface area contributed by atoms with Gasteiger partial charge in [0.05, 0.1) is 18.8 Å². The summed E-state index contributed by atoms with van der Waals surface area (Å²) in [5.74, 6) is -2.15. The van der Waals surface area contributed by atoms with Crippen molar-refractivity contribution >= 4 is 5.78 Å². The molecule has 3 nitrogen and oxygen atoms in total. The highest BCUT2D eigenvalue weighted by Crippen LogP contribution is 2.25. The summed E-state index contributed by atoms with van der Waals surface area (Å²) in [6.45, 7) is 5.31. The zero-order valence-electron chi connectivity index (χ0n) is 12.3. The van der Waals surface area contributed by atoms with Crippen LogP contribution in [0.15, 0.2) is 18.2 Å². The van der Waals surface area contributed by atoms with Crippen LogP contribution in [0.3, 0.4) is 0 Å². The number of ether oxygens (including phenoxy) is 2. The van der Waals surface area contributed by atoms with Gasteiger partial charge in [0, 0.05) is 11.8 Å². The number of Topliss-reactive ketones (excluding diaryl/α,β-unsaturated/α-hetero) is 1. The fourth-order valence-electron chi connectivity index (χ4n) is 2.21. The maximum atomic E-state index is 13.5. The first-order valence-electron chi connectivity index (χ1n) is 7.09. The molecule has 21 heavy (non-hydrogen) atoms. The first-order chi connectivity index (χ1) is 9.89. The van der Waals surface area contributed by atoms with Gasteiger partial charge in [-0.3, -0.25) is 4.79 Å². The molecule has 1 aliphatic rings. The molecule has 0 aromatic heterocycles. The number of hydrogen-bond donors (Lipinski definition) is 0. The first kappa shape index (κ1) is 16.0. The van der Waals surface area contributed by atoms with Crippen molar-refractivity contribution in [1.82, 2.24) is 0 Å². The lowest BCUT2D eigenvalue weighted by Gasteiger charge is -2.34. The third-order valence-corrected chi connectivity index (χ3v) is 3.41. The minimum Gasteiger partial charge on any atom is -0.352 e. The Balaban J connectivity index is 1.80. The van der Waals surface area contributed by atoms with E-state index < -0.39 is 23.0 Å². The molecule has 2 rings (SSSR count). The van der Waals surface area contributed by atoms with Crippen LogP contribution in [0.2, 0.25) is 0 Å². The summed E-state index contributed by atoms with van der Waals surface area (Å²) in [5, 5.41) is 0. The lowest BCUT2D eigenvalue weighted by atomic mass is 9.95. The Morgan fingerprint density at radius 2 is 1.81 bits per heavy atom. The van der Waals surface area contributed by atoms with Gasteiger partial charge in [-0.25, -0.2) is 8.78 Å². The molecule has 1 heterocycles. The van der Waals surface area contributed by atoms with Gasteiger partial charge < -0.3 is 9.47 Å². The van der Waals surface area contributed by atoms with Crippen molar-refractivity contribution in [2.24, 2.45) is 5.41 Å².